The Labute approximate surface area is 212 Å². The third-order valence-electron chi connectivity index (χ3n) is 5.78. The first-order valence-corrected chi connectivity index (χ1v) is 11.3. The van der Waals surface area contributed by atoms with Crippen molar-refractivity contribution >= 4 is 12.2 Å². The number of nitriles is 1. The van der Waals surface area contributed by atoms with Gasteiger partial charge < -0.3 is 4.74 Å². The number of hydrogen-bond donors (Lipinski definition) is 0. The second-order valence-corrected chi connectivity index (χ2v) is 8.21. The molecule has 0 unspecified atom stereocenters. The quantitative estimate of drug-likeness (QED) is 0.211. The van der Waals surface area contributed by atoms with E-state index in [4.69, 9.17) is 15.0 Å². The van der Waals surface area contributed by atoms with Crippen LogP contribution in [-0.2, 0) is 27.9 Å². The molecule has 37 heavy (non-hydrogen) atoms. The van der Waals surface area contributed by atoms with Crippen molar-refractivity contribution in [3.05, 3.63) is 143 Å². The third-order valence-corrected chi connectivity index (χ3v) is 5.78. The van der Waals surface area contributed by atoms with Crippen LogP contribution in [0.5, 0.6) is 0 Å². The Morgan fingerprint density at radius 2 is 1.32 bits per heavy atom. The van der Waals surface area contributed by atoms with Crippen molar-refractivity contribution in [2.24, 2.45) is 4.99 Å². The van der Waals surface area contributed by atoms with Crippen LogP contribution in [0.3, 0.4) is 0 Å². The van der Waals surface area contributed by atoms with Crippen molar-refractivity contribution in [1.82, 2.24) is 0 Å². The molecule has 0 amide bonds. The molecule has 0 spiro atoms. The zero-order valence-electron chi connectivity index (χ0n) is 19.5. The summed E-state index contributed by atoms with van der Waals surface area (Å²) in [6.07, 6.45) is -2.91. The number of aliphatic imine (C=N–C) groups is 1. The van der Waals surface area contributed by atoms with Crippen molar-refractivity contribution in [2.45, 2.75) is 18.3 Å². The monoisotopic (exact) mass is 498 g/mol. The van der Waals surface area contributed by atoms with Crippen molar-refractivity contribution in [2.75, 3.05) is 0 Å². The van der Waals surface area contributed by atoms with Gasteiger partial charge >= 0.3 is 12.1 Å². The van der Waals surface area contributed by atoms with Crippen molar-refractivity contribution in [1.29, 1.82) is 5.26 Å². The van der Waals surface area contributed by atoms with Gasteiger partial charge in [-0.1, -0.05) is 84.9 Å². The molecule has 0 saturated heterocycles. The molecule has 0 radical (unpaired) electrons. The highest BCUT2D eigenvalue weighted by Gasteiger charge is 2.43. The van der Waals surface area contributed by atoms with E-state index in [2.05, 4.69) is 6.07 Å². The minimum atomic E-state index is -4.45. The van der Waals surface area contributed by atoms with E-state index in [1.807, 2.05) is 12.1 Å². The number of ether oxygens (including phenoxy) is 1. The highest BCUT2D eigenvalue weighted by molar-refractivity contribution is 5.91. The summed E-state index contributed by atoms with van der Waals surface area (Å²) in [6.45, 7) is -0.231. The molecule has 0 aromatic heterocycles. The number of esters is 1. The Morgan fingerprint density at radius 3 is 1.81 bits per heavy atom. The molecular formula is C30H21F3N2O2. The lowest BCUT2D eigenvalue weighted by Gasteiger charge is -2.29. The number of benzene rings is 4. The van der Waals surface area contributed by atoms with Gasteiger partial charge in [-0.15, -0.1) is 0 Å². The second-order valence-electron chi connectivity index (χ2n) is 8.21. The molecule has 0 bridgehead atoms. The van der Waals surface area contributed by atoms with Gasteiger partial charge in [0.25, 0.3) is 0 Å². The normalized spacial score (nSPS) is 11.7. The Kier molecular flexibility index (Phi) is 7.49. The highest BCUT2D eigenvalue weighted by Crippen LogP contribution is 2.36. The number of halogens is 3. The summed E-state index contributed by atoms with van der Waals surface area (Å²) in [6, 6.07) is 31.1. The van der Waals surface area contributed by atoms with Crippen LogP contribution in [0, 0.1) is 11.3 Å². The van der Waals surface area contributed by atoms with Gasteiger partial charge in [0.1, 0.15) is 6.61 Å². The molecule has 4 rings (SSSR count). The fourth-order valence-electron chi connectivity index (χ4n) is 3.82. The fourth-order valence-corrected chi connectivity index (χ4v) is 3.82. The number of hydrogen-bond acceptors (Lipinski definition) is 4. The molecule has 7 heteroatoms. The van der Waals surface area contributed by atoms with Gasteiger partial charge in [0.15, 0.2) is 0 Å². The Hall–Kier alpha value is -4.70. The van der Waals surface area contributed by atoms with Crippen LogP contribution in [0.4, 0.5) is 13.2 Å². The Morgan fingerprint density at radius 1 is 0.784 bits per heavy atom. The predicted molar refractivity (Wildman–Crippen MR) is 134 cm³/mol. The predicted octanol–water partition coefficient (Wildman–Crippen LogP) is 6.68. The molecule has 0 aliphatic carbocycles. The maximum Gasteiger partial charge on any atom is 0.416 e. The summed E-state index contributed by atoms with van der Waals surface area (Å²) in [5.41, 5.74) is 0.329. The number of alkyl halides is 3. The van der Waals surface area contributed by atoms with E-state index >= 15 is 0 Å². The fraction of sp³-hybridized carbons (Fsp3) is 0.100. The average molecular weight is 499 g/mol. The number of carbonyl (C=O) groups is 1. The minimum Gasteiger partial charge on any atom is -0.458 e. The van der Waals surface area contributed by atoms with E-state index in [-0.39, 0.29) is 6.61 Å². The van der Waals surface area contributed by atoms with Gasteiger partial charge in [0.2, 0.25) is 5.54 Å². The molecule has 0 aliphatic heterocycles. The molecule has 0 saturated carbocycles. The summed E-state index contributed by atoms with van der Waals surface area (Å²) in [4.78, 5) is 18.6. The summed E-state index contributed by atoms with van der Waals surface area (Å²) in [7, 11) is 0. The van der Waals surface area contributed by atoms with Crippen LogP contribution in [0.1, 0.15) is 33.4 Å². The topological polar surface area (TPSA) is 62.5 Å². The lowest BCUT2D eigenvalue weighted by atomic mass is 9.83. The molecule has 184 valence electrons. The summed E-state index contributed by atoms with van der Waals surface area (Å²) in [5, 5.41) is 9.07. The van der Waals surface area contributed by atoms with Gasteiger partial charge in [-0.25, -0.2) is 4.79 Å². The first-order valence-electron chi connectivity index (χ1n) is 11.3. The van der Waals surface area contributed by atoms with Crippen LogP contribution in [-0.4, -0.2) is 12.2 Å². The van der Waals surface area contributed by atoms with Gasteiger partial charge in [0.05, 0.1) is 17.2 Å². The average Bonchev–Trinajstić information content (AvgIpc) is 2.93. The van der Waals surface area contributed by atoms with Crippen LogP contribution in [0.15, 0.2) is 114 Å². The van der Waals surface area contributed by atoms with Crippen molar-refractivity contribution in [3.8, 4) is 6.07 Å². The largest absolute Gasteiger partial charge is 0.458 e. The molecule has 4 aromatic carbocycles. The first-order chi connectivity index (χ1) is 17.8. The summed E-state index contributed by atoms with van der Waals surface area (Å²) < 4.78 is 44.4. The van der Waals surface area contributed by atoms with Crippen LogP contribution < -0.4 is 0 Å². The SMILES string of the molecule is N#Cc1ccc(C=NC(C(=O)OCc2ccc(C(F)(F)F)cc2)(c2ccccc2)c2ccccc2)cc1. The standard InChI is InChI=1S/C30H21F3N2O2/c31-30(32,33)27-17-15-24(16-18-27)21-37-28(36)29(25-7-3-1-4-8-25,26-9-5-2-6-10-26)35-20-23-13-11-22(19-34)12-14-23/h1-18,20H,21H2. The lowest BCUT2D eigenvalue weighted by molar-refractivity contribution is -0.150. The second kappa shape index (κ2) is 10.9. The first kappa shape index (κ1) is 25.4. The summed E-state index contributed by atoms with van der Waals surface area (Å²) in [5.74, 6) is -0.685. The van der Waals surface area contributed by atoms with Crippen LogP contribution in [0.25, 0.3) is 0 Å². The molecule has 4 aromatic rings. The zero-order chi connectivity index (χ0) is 26.3. The van der Waals surface area contributed by atoms with Crippen LogP contribution in [0.2, 0.25) is 0 Å². The van der Waals surface area contributed by atoms with E-state index < -0.39 is 23.2 Å². The molecule has 4 nitrogen and oxygen atoms in total. The van der Waals surface area contributed by atoms with E-state index in [9.17, 15) is 18.0 Å². The highest BCUT2D eigenvalue weighted by atomic mass is 19.4. The number of rotatable bonds is 7. The molecule has 0 atom stereocenters. The van der Waals surface area contributed by atoms with Crippen molar-refractivity contribution < 1.29 is 22.7 Å². The molecule has 0 fully saturated rings. The Balaban J connectivity index is 1.73. The Bertz CT molecular complexity index is 1370. The molecule has 0 heterocycles. The van der Waals surface area contributed by atoms with E-state index in [0.717, 1.165) is 12.1 Å². The molecule has 0 aliphatic rings. The molecule has 0 N–H and O–H groups in total. The summed E-state index contributed by atoms with van der Waals surface area (Å²) >= 11 is 0. The van der Waals surface area contributed by atoms with Gasteiger partial charge in [-0.3, -0.25) is 4.99 Å². The van der Waals surface area contributed by atoms with Gasteiger partial charge in [0, 0.05) is 6.21 Å². The minimum absolute atomic E-state index is 0.231. The van der Waals surface area contributed by atoms with Gasteiger partial charge in [-0.05, 0) is 46.5 Å². The number of carbonyl (C=O) groups excluding carboxylic acids is 1. The third kappa shape index (κ3) is 5.76. The van der Waals surface area contributed by atoms with Crippen LogP contribution >= 0.6 is 0 Å². The van der Waals surface area contributed by atoms with E-state index in [1.54, 1.807) is 79.0 Å². The molecular weight excluding hydrogens is 477 g/mol. The van der Waals surface area contributed by atoms with E-state index in [1.165, 1.54) is 12.1 Å². The lowest BCUT2D eigenvalue weighted by Crippen LogP contribution is -2.37. The van der Waals surface area contributed by atoms with Crippen molar-refractivity contribution in [3.63, 3.8) is 0 Å². The smallest absolute Gasteiger partial charge is 0.416 e. The number of nitrogens with zero attached hydrogens (tertiary/aromatic N) is 2. The van der Waals surface area contributed by atoms with Gasteiger partial charge in [-0.2, -0.15) is 18.4 Å². The maximum atomic E-state index is 13.8. The maximum absolute atomic E-state index is 13.8. The zero-order valence-corrected chi connectivity index (χ0v) is 19.5. The van der Waals surface area contributed by atoms with E-state index in [0.29, 0.717) is 27.8 Å².